The Balaban J connectivity index is 3.97. The van der Waals surface area contributed by atoms with E-state index < -0.39 is 32.5 Å². The van der Waals surface area contributed by atoms with E-state index >= 15 is 0 Å². The first-order valence-corrected chi connectivity index (χ1v) is 22.5. The van der Waals surface area contributed by atoms with Gasteiger partial charge >= 0.3 is 19.8 Å². The zero-order chi connectivity index (χ0) is 38.2. The molecular formula is C43H77O8P. The lowest BCUT2D eigenvalue weighted by Gasteiger charge is -2.18. The molecule has 0 aromatic heterocycles. The molecule has 0 amide bonds. The smallest absolute Gasteiger partial charge is 0.462 e. The maximum atomic E-state index is 12.4. The van der Waals surface area contributed by atoms with E-state index in [2.05, 4.69) is 67.0 Å². The topological polar surface area (TPSA) is 119 Å². The first-order chi connectivity index (χ1) is 25.3. The van der Waals surface area contributed by atoms with Crippen LogP contribution in [0.5, 0.6) is 0 Å². The Kier molecular flexibility index (Phi) is 37.2. The van der Waals surface area contributed by atoms with Gasteiger partial charge in [-0.1, -0.05) is 152 Å². The highest BCUT2D eigenvalue weighted by Gasteiger charge is 2.22. The van der Waals surface area contributed by atoms with E-state index in [0.717, 1.165) is 51.4 Å². The minimum absolute atomic E-state index is 0.201. The Labute approximate surface area is 318 Å². The normalized spacial score (nSPS) is 12.9. The van der Waals surface area contributed by atoms with Gasteiger partial charge in [0.2, 0.25) is 0 Å². The zero-order valence-corrected chi connectivity index (χ0v) is 34.1. The third-order valence-electron chi connectivity index (χ3n) is 8.82. The molecule has 0 aromatic rings. The Morgan fingerprint density at radius 3 is 1.38 bits per heavy atom. The van der Waals surface area contributed by atoms with Crippen LogP contribution in [0.25, 0.3) is 0 Å². The van der Waals surface area contributed by atoms with Gasteiger partial charge in [-0.25, -0.2) is 4.57 Å². The Bertz CT molecular complexity index is 984. The molecule has 302 valence electrons. The number of phosphoric ester groups is 1. The zero-order valence-electron chi connectivity index (χ0n) is 33.2. The van der Waals surface area contributed by atoms with Crippen LogP contribution in [0.4, 0.5) is 0 Å². The van der Waals surface area contributed by atoms with Gasteiger partial charge in [0.25, 0.3) is 0 Å². The number of hydrogen-bond acceptors (Lipinski definition) is 6. The molecular weight excluding hydrogens is 675 g/mol. The molecule has 0 fully saturated rings. The number of rotatable bonds is 38. The van der Waals surface area contributed by atoms with Gasteiger partial charge in [-0.05, 0) is 77.0 Å². The lowest BCUT2D eigenvalue weighted by Crippen LogP contribution is -2.29. The van der Waals surface area contributed by atoms with Crippen molar-refractivity contribution in [2.24, 2.45) is 0 Å². The molecule has 1 atom stereocenters. The molecule has 0 bridgehead atoms. The van der Waals surface area contributed by atoms with E-state index in [0.29, 0.717) is 12.8 Å². The standard InChI is InChI=1S/C43H77O8P/c1-3-5-7-9-11-13-15-17-19-20-21-22-24-26-28-30-32-34-36-38-43(45)51-41(40-50-52(46,47)48)39-49-42(44)37-35-33-31-29-27-25-23-18-16-14-12-10-8-6-4-2/h12,14,17-19,23,27,29,41H,3-11,13,15-16,20-22,24-26,28,30-40H2,1-2H3,(H2,46,47,48)/b14-12-,19-17-,23-18-,29-27-/t41-/m1/s1. The van der Waals surface area contributed by atoms with Crippen molar-refractivity contribution in [3.05, 3.63) is 48.6 Å². The van der Waals surface area contributed by atoms with Gasteiger partial charge in [0.05, 0.1) is 6.61 Å². The van der Waals surface area contributed by atoms with E-state index in [1.165, 1.54) is 103 Å². The predicted molar refractivity (Wildman–Crippen MR) is 216 cm³/mol. The van der Waals surface area contributed by atoms with Gasteiger partial charge in [-0.2, -0.15) is 0 Å². The van der Waals surface area contributed by atoms with Crippen molar-refractivity contribution >= 4 is 19.8 Å². The molecule has 0 aromatic carbocycles. The van der Waals surface area contributed by atoms with E-state index in [1.807, 2.05) is 0 Å². The molecule has 0 unspecified atom stereocenters. The van der Waals surface area contributed by atoms with E-state index in [-0.39, 0.29) is 19.4 Å². The summed E-state index contributed by atoms with van der Waals surface area (Å²) in [5, 5.41) is 0. The molecule has 0 aliphatic heterocycles. The van der Waals surface area contributed by atoms with Gasteiger partial charge in [-0.3, -0.25) is 14.1 Å². The molecule has 0 radical (unpaired) electrons. The van der Waals surface area contributed by atoms with Crippen molar-refractivity contribution in [3.63, 3.8) is 0 Å². The van der Waals surface area contributed by atoms with Gasteiger partial charge in [-0.15, -0.1) is 0 Å². The van der Waals surface area contributed by atoms with Crippen LogP contribution in [0.2, 0.25) is 0 Å². The van der Waals surface area contributed by atoms with E-state index in [4.69, 9.17) is 19.3 Å². The summed E-state index contributed by atoms with van der Waals surface area (Å²) >= 11 is 0. The van der Waals surface area contributed by atoms with Crippen LogP contribution < -0.4 is 0 Å². The van der Waals surface area contributed by atoms with Crippen LogP contribution in [0.3, 0.4) is 0 Å². The van der Waals surface area contributed by atoms with Gasteiger partial charge in [0, 0.05) is 12.8 Å². The third kappa shape index (κ3) is 40.8. The van der Waals surface area contributed by atoms with E-state index in [9.17, 15) is 14.2 Å². The van der Waals surface area contributed by atoms with Crippen LogP contribution in [-0.4, -0.2) is 41.0 Å². The average Bonchev–Trinajstić information content (AvgIpc) is 3.11. The molecule has 0 saturated carbocycles. The van der Waals surface area contributed by atoms with Crippen LogP contribution in [0.15, 0.2) is 48.6 Å². The molecule has 0 aliphatic carbocycles. The number of unbranched alkanes of at least 4 members (excludes halogenated alkanes) is 20. The number of hydrogen-bond donors (Lipinski definition) is 2. The molecule has 2 N–H and O–H groups in total. The third-order valence-corrected chi connectivity index (χ3v) is 9.31. The summed E-state index contributed by atoms with van der Waals surface area (Å²) in [6, 6.07) is 0. The lowest BCUT2D eigenvalue weighted by molar-refractivity contribution is -0.161. The minimum Gasteiger partial charge on any atom is -0.462 e. The SMILES string of the molecule is CCCCC/C=C\C/C=C\C/C=C\CCCCC(=O)OC[C@H](COP(=O)(O)O)OC(=O)CCCCCCCCCCC/C=C\CCCCCCCC. The van der Waals surface area contributed by atoms with Crippen molar-refractivity contribution in [2.75, 3.05) is 13.2 Å². The molecule has 0 rings (SSSR count). The first kappa shape index (κ1) is 50.0. The fourth-order valence-corrected chi connectivity index (χ4v) is 6.03. The first-order valence-electron chi connectivity index (χ1n) is 20.9. The lowest BCUT2D eigenvalue weighted by atomic mass is 10.1. The maximum absolute atomic E-state index is 12.4. The average molecular weight is 753 g/mol. The summed E-state index contributed by atoms with van der Waals surface area (Å²) in [6.07, 6.45) is 46.9. The quantitative estimate of drug-likeness (QED) is 0.0277. The summed E-state index contributed by atoms with van der Waals surface area (Å²) in [6.45, 7) is 3.62. The van der Waals surface area contributed by atoms with Crippen LogP contribution in [0.1, 0.15) is 194 Å². The van der Waals surface area contributed by atoms with Gasteiger partial charge in [0.1, 0.15) is 6.61 Å². The number of carbonyl (C=O) groups is 2. The number of phosphoric acid groups is 1. The highest BCUT2D eigenvalue weighted by Crippen LogP contribution is 2.36. The van der Waals surface area contributed by atoms with Crippen LogP contribution in [0, 0.1) is 0 Å². The summed E-state index contributed by atoms with van der Waals surface area (Å²) < 4.78 is 26.3. The van der Waals surface area contributed by atoms with Crippen molar-refractivity contribution in [1.82, 2.24) is 0 Å². The molecule has 52 heavy (non-hydrogen) atoms. The molecule has 0 heterocycles. The summed E-state index contributed by atoms with van der Waals surface area (Å²) in [5.41, 5.74) is 0. The van der Waals surface area contributed by atoms with Gasteiger partial charge in [0.15, 0.2) is 6.10 Å². The molecule has 8 nitrogen and oxygen atoms in total. The Hall–Kier alpha value is -1.99. The number of ether oxygens (including phenoxy) is 2. The van der Waals surface area contributed by atoms with E-state index in [1.54, 1.807) is 0 Å². The summed E-state index contributed by atoms with van der Waals surface area (Å²) in [4.78, 5) is 42.8. The molecule has 0 saturated heterocycles. The second-order valence-electron chi connectivity index (χ2n) is 14.0. The van der Waals surface area contributed by atoms with Crippen LogP contribution >= 0.6 is 7.82 Å². The monoisotopic (exact) mass is 753 g/mol. The highest BCUT2D eigenvalue weighted by atomic mass is 31.2. The Morgan fingerprint density at radius 1 is 0.500 bits per heavy atom. The van der Waals surface area contributed by atoms with Crippen molar-refractivity contribution < 1.29 is 37.9 Å². The molecule has 0 aliphatic rings. The number of esters is 2. The predicted octanol–water partition coefficient (Wildman–Crippen LogP) is 12.7. The summed E-state index contributed by atoms with van der Waals surface area (Å²) in [7, 11) is -4.76. The fourth-order valence-electron chi connectivity index (χ4n) is 5.67. The Morgan fingerprint density at radius 2 is 0.865 bits per heavy atom. The number of carbonyl (C=O) groups excluding carboxylic acids is 2. The second kappa shape index (κ2) is 38.7. The minimum atomic E-state index is -4.76. The van der Waals surface area contributed by atoms with Crippen molar-refractivity contribution in [2.45, 2.75) is 200 Å². The molecule has 0 spiro atoms. The van der Waals surface area contributed by atoms with Crippen LogP contribution in [-0.2, 0) is 28.2 Å². The highest BCUT2D eigenvalue weighted by molar-refractivity contribution is 7.46. The maximum Gasteiger partial charge on any atom is 0.469 e. The second-order valence-corrected chi connectivity index (χ2v) is 15.2. The number of allylic oxidation sites excluding steroid dienone is 8. The van der Waals surface area contributed by atoms with Crippen molar-refractivity contribution in [3.8, 4) is 0 Å². The fraction of sp³-hybridized carbons (Fsp3) is 0.767. The molecule has 9 heteroatoms. The summed E-state index contributed by atoms with van der Waals surface area (Å²) in [5.74, 6) is -0.931. The van der Waals surface area contributed by atoms with Gasteiger partial charge < -0.3 is 19.3 Å². The largest absolute Gasteiger partial charge is 0.469 e. The van der Waals surface area contributed by atoms with Crippen molar-refractivity contribution in [1.29, 1.82) is 0 Å².